The van der Waals surface area contributed by atoms with Crippen LogP contribution in [0.15, 0.2) is 48.5 Å². The van der Waals surface area contributed by atoms with Gasteiger partial charge in [0.1, 0.15) is 0 Å². The summed E-state index contributed by atoms with van der Waals surface area (Å²) in [6, 6.07) is 16.8. The molecule has 0 aliphatic carbocycles. The van der Waals surface area contributed by atoms with Crippen molar-refractivity contribution in [1.29, 1.82) is 0 Å². The average Bonchev–Trinajstić information content (AvgIpc) is 2.46. The van der Waals surface area contributed by atoms with Crippen LogP contribution in [0, 0.1) is 0 Å². The molecule has 2 aromatic carbocycles. The molecule has 3 heteroatoms. The number of likely N-dealkylation sites (N-methyl/N-ethyl adjacent to an activating group) is 1. The van der Waals surface area contributed by atoms with Crippen molar-refractivity contribution in [3.8, 4) is 0 Å². The zero-order valence-corrected chi connectivity index (χ0v) is 12.8. The van der Waals surface area contributed by atoms with Gasteiger partial charge in [0.2, 0.25) is 5.24 Å². The van der Waals surface area contributed by atoms with Crippen molar-refractivity contribution in [3.63, 3.8) is 0 Å². The van der Waals surface area contributed by atoms with Crippen LogP contribution in [0.25, 0.3) is 0 Å². The van der Waals surface area contributed by atoms with Crippen LogP contribution in [0.2, 0.25) is 0 Å². The predicted octanol–water partition coefficient (Wildman–Crippen LogP) is 3.57. The third-order valence-electron chi connectivity index (χ3n) is 4.06. The van der Waals surface area contributed by atoms with E-state index in [0.29, 0.717) is 12.3 Å². The van der Waals surface area contributed by atoms with Gasteiger partial charge in [-0.15, -0.1) is 0 Å². The summed E-state index contributed by atoms with van der Waals surface area (Å²) in [7, 11) is 2.15. The number of nitrogens with zero attached hydrogens (tertiary/aromatic N) is 1. The highest BCUT2D eigenvalue weighted by molar-refractivity contribution is 6.63. The molecule has 0 bridgehead atoms. The van der Waals surface area contributed by atoms with E-state index in [1.165, 1.54) is 16.7 Å². The predicted molar refractivity (Wildman–Crippen MR) is 85.6 cm³/mol. The van der Waals surface area contributed by atoms with Gasteiger partial charge in [-0.25, -0.2) is 0 Å². The summed E-state index contributed by atoms with van der Waals surface area (Å²) in [6.45, 7) is 1.99. The molecule has 0 fully saturated rings. The molecule has 1 aliphatic heterocycles. The van der Waals surface area contributed by atoms with E-state index in [0.717, 1.165) is 18.7 Å². The molecule has 108 valence electrons. The second-order valence-corrected chi connectivity index (χ2v) is 6.15. The van der Waals surface area contributed by atoms with Crippen molar-refractivity contribution in [1.82, 2.24) is 4.90 Å². The van der Waals surface area contributed by atoms with E-state index in [2.05, 4.69) is 48.3 Å². The van der Waals surface area contributed by atoms with Crippen LogP contribution in [0.3, 0.4) is 0 Å². The monoisotopic (exact) mass is 299 g/mol. The van der Waals surface area contributed by atoms with E-state index in [1.807, 2.05) is 12.1 Å². The molecule has 0 amide bonds. The molecular weight excluding hydrogens is 282 g/mol. The van der Waals surface area contributed by atoms with Gasteiger partial charge in [-0.2, -0.15) is 0 Å². The van der Waals surface area contributed by atoms with Gasteiger partial charge in [0.05, 0.1) is 0 Å². The van der Waals surface area contributed by atoms with Crippen molar-refractivity contribution in [2.45, 2.75) is 18.9 Å². The van der Waals surface area contributed by atoms with E-state index in [4.69, 9.17) is 11.6 Å². The molecule has 1 aliphatic rings. The number of hydrogen-bond acceptors (Lipinski definition) is 2. The Kier molecular flexibility index (Phi) is 4.09. The lowest BCUT2D eigenvalue weighted by molar-refractivity contribution is -0.111. The Labute approximate surface area is 130 Å². The topological polar surface area (TPSA) is 20.3 Å². The van der Waals surface area contributed by atoms with Crippen LogP contribution in [-0.2, 0) is 17.8 Å². The summed E-state index contributed by atoms with van der Waals surface area (Å²) < 4.78 is 0. The smallest absolute Gasteiger partial charge is 0.226 e. The summed E-state index contributed by atoms with van der Waals surface area (Å²) in [5.41, 5.74) is 5.02. The highest BCUT2D eigenvalue weighted by atomic mass is 35.5. The lowest BCUT2D eigenvalue weighted by Crippen LogP contribution is -2.30. The summed E-state index contributed by atoms with van der Waals surface area (Å²) in [5.74, 6) is 0.352. The minimum absolute atomic E-state index is 0.291. The van der Waals surface area contributed by atoms with Gasteiger partial charge in [0, 0.05) is 25.4 Å². The minimum atomic E-state index is -0.312. The van der Waals surface area contributed by atoms with Crippen LogP contribution >= 0.6 is 11.6 Å². The first-order valence-electron chi connectivity index (χ1n) is 7.17. The number of carbonyl (C=O) groups excluding carboxylic acids is 1. The fourth-order valence-electron chi connectivity index (χ4n) is 3.15. The molecule has 0 saturated carbocycles. The first-order chi connectivity index (χ1) is 10.1. The van der Waals surface area contributed by atoms with E-state index >= 15 is 0 Å². The Morgan fingerprint density at radius 3 is 2.86 bits per heavy atom. The Bertz CT molecular complexity index is 668. The minimum Gasteiger partial charge on any atom is -0.301 e. The quantitative estimate of drug-likeness (QED) is 0.808. The lowest BCUT2D eigenvalue weighted by Gasteiger charge is -2.32. The van der Waals surface area contributed by atoms with Crippen molar-refractivity contribution in [3.05, 3.63) is 70.8 Å². The van der Waals surface area contributed by atoms with Crippen LogP contribution in [0.4, 0.5) is 0 Å². The van der Waals surface area contributed by atoms with Crippen molar-refractivity contribution in [2.24, 2.45) is 0 Å². The number of halogens is 1. The molecule has 21 heavy (non-hydrogen) atoms. The van der Waals surface area contributed by atoms with Gasteiger partial charge in [-0.3, -0.25) is 4.79 Å². The van der Waals surface area contributed by atoms with Crippen molar-refractivity contribution in [2.75, 3.05) is 13.6 Å². The van der Waals surface area contributed by atoms with Gasteiger partial charge in [-0.05, 0) is 40.9 Å². The summed E-state index contributed by atoms with van der Waals surface area (Å²) in [5, 5.41) is -0.312. The maximum atomic E-state index is 11.1. The van der Waals surface area contributed by atoms with Gasteiger partial charge in [0.25, 0.3) is 0 Å². The molecular formula is C18H18ClNO. The maximum Gasteiger partial charge on any atom is 0.226 e. The second-order valence-electron chi connectivity index (χ2n) is 5.73. The number of benzene rings is 2. The number of fused-ring (bicyclic) bond motifs is 1. The Hall–Kier alpha value is -1.64. The van der Waals surface area contributed by atoms with E-state index in [-0.39, 0.29) is 5.24 Å². The van der Waals surface area contributed by atoms with Gasteiger partial charge >= 0.3 is 0 Å². The molecule has 3 rings (SSSR count). The van der Waals surface area contributed by atoms with E-state index < -0.39 is 0 Å². The zero-order valence-electron chi connectivity index (χ0n) is 12.1. The number of carbonyl (C=O) groups is 1. The average molecular weight is 300 g/mol. The third kappa shape index (κ3) is 3.17. The maximum absolute atomic E-state index is 11.1. The zero-order chi connectivity index (χ0) is 14.8. The number of rotatable bonds is 3. The largest absolute Gasteiger partial charge is 0.301 e. The number of hydrogen-bond donors (Lipinski definition) is 0. The molecule has 0 saturated heterocycles. The van der Waals surface area contributed by atoms with Gasteiger partial charge in [0.15, 0.2) is 0 Å². The lowest BCUT2D eigenvalue weighted by atomic mass is 9.84. The molecule has 1 heterocycles. The van der Waals surface area contributed by atoms with Crippen LogP contribution in [-0.4, -0.2) is 23.7 Å². The third-order valence-corrected chi connectivity index (χ3v) is 4.20. The van der Waals surface area contributed by atoms with Crippen molar-refractivity contribution < 1.29 is 4.79 Å². The summed E-state index contributed by atoms with van der Waals surface area (Å²) in [6.07, 6.45) is 0.291. The summed E-state index contributed by atoms with van der Waals surface area (Å²) in [4.78, 5) is 13.4. The normalized spacial score (nSPS) is 18.3. The first-order valence-corrected chi connectivity index (χ1v) is 7.55. The fraction of sp³-hybridized carbons (Fsp3) is 0.278. The van der Waals surface area contributed by atoms with Crippen LogP contribution in [0.1, 0.15) is 28.2 Å². The fourth-order valence-corrected chi connectivity index (χ4v) is 3.30. The molecule has 0 aromatic heterocycles. The second kappa shape index (κ2) is 6.00. The van der Waals surface area contributed by atoms with E-state index in [1.54, 1.807) is 0 Å². The molecule has 0 spiro atoms. The van der Waals surface area contributed by atoms with Crippen LogP contribution in [0.5, 0.6) is 0 Å². The summed E-state index contributed by atoms with van der Waals surface area (Å²) >= 11 is 5.51. The Morgan fingerprint density at radius 1 is 1.24 bits per heavy atom. The first kappa shape index (κ1) is 14.3. The van der Waals surface area contributed by atoms with Crippen molar-refractivity contribution >= 4 is 16.8 Å². The molecule has 0 radical (unpaired) electrons. The molecule has 1 atom stereocenters. The highest BCUT2D eigenvalue weighted by Crippen LogP contribution is 2.33. The molecule has 2 nitrogen and oxygen atoms in total. The van der Waals surface area contributed by atoms with Crippen LogP contribution < -0.4 is 0 Å². The Morgan fingerprint density at radius 2 is 2.05 bits per heavy atom. The highest BCUT2D eigenvalue weighted by Gasteiger charge is 2.24. The van der Waals surface area contributed by atoms with Gasteiger partial charge in [-0.1, -0.05) is 48.5 Å². The SMILES string of the molecule is CN1Cc2ccccc2C(c2cccc(CC(=O)Cl)c2)C1. The molecule has 0 N–H and O–H groups in total. The van der Waals surface area contributed by atoms with Gasteiger partial charge < -0.3 is 4.90 Å². The Balaban J connectivity index is 1.98. The standard InChI is InChI=1S/C18H18ClNO/c1-20-11-15-6-2-3-8-16(15)17(12-20)14-7-4-5-13(9-14)10-18(19)21/h2-9,17H,10-12H2,1H3. The molecule has 1 unspecified atom stereocenters. The molecule has 2 aromatic rings. The van der Waals surface area contributed by atoms with E-state index in [9.17, 15) is 4.79 Å².